The third-order valence-electron chi connectivity index (χ3n) is 4.26. The highest BCUT2D eigenvalue weighted by atomic mass is 15.0. The van der Waals surface area contributed by atoms with Crippen LogP contribution in [0.2, 0.25) is 0 Å². The molecule has 0 radical (unpaired) electrons. The predicted molar refractivity (Wildman–Crippen MR) is 89.1 cm³/mol. The van der Waals surface area contributed by atoms with Crippen LogP contribution < -0.4 is 5.32 Å². The monoisotopic (exact) mass is 275 g/mol. The molecule has 0 aliphatic heterocycles. The van der Waals surface area contributed by atoms with Crippen molar-refractivity contribution in [2.45, 2.75) is 38.8 Å². The van der Waals surface area contributed by atoms with Crippen LogP contribution in [-0.2, 0) is 6.42 Å². The second kappa shape index (κ2) is 5.06. The van der Waals surface area contributed by atoms with E-state index in [4.69, 9.17) is 6.42 Å². The Labute approximate surface area is 127 Å². The van der Waals surface area contributed by atoms with Crippen molar-refractivity contribution in [3.05, 3.63) is 59.2 Å². The van der Waals surface area contributed by atoms with Gasteiger partial charge in [-0.1, -0.05) is 48.4 Å². The fourth-order valence-corrected chi connectivity index (χ4v) is 3.10. The highest BCUT2D eigenvalue weighted by Crippen LogP contribution is 2.37. The Bertz CT molecular complexity index is 719. The molecule has 0 amide bonds. The van der Waals surface area contributed by atoms with Gasteiger partial charge in [0.05, 0.1) is 5.54 Å². The summed E-state index contributed by atoms with van der Waals surface area (Å²) in [4.78, 5) is 0. The first-order chi connectivity index (χ1) is 10.00. The molecule has 1 unspecified atom stereocenters. The number of benzene rings is 2. The number of nitrogens with one attached hydrogen (secondary N) is 1. The lowest BCUT2D eigenvalue weighted by Crippen LogP contribution is -2.39. The molecule has 0 spiro atoms. The molecule has 0 saturated heterocycles. The molecule has 1 nitrogen and oxygen atoms in total. The summed E-state index contributed by atoms with van der Waals surface area (Å²) in [5.41, 5.74) is 6.60. The Hall–Kier alpha value is -2.04. The van der Waals surface area contributed by atoms with Crippen molar-refractivity contribution in [1.82, 2.24) is 5.32 Å². The fraction of sp³-hybridized carbons (Fsp3) is 0.300. The lowest BCUT2D eigenvalue weighted by atomic mass is 9.98. The van der Waals surface area contributed by atoms with Crippen molar-refractivity contribution in [3.8, 4) is 23.5 Å². The van der Waals surface area contributed by atoms with Crippen LogP contribution in [0.3, 0.4) is 0 Å². The van der Waals surface area contributed by atoms with Gasteiger partial charge in [-0.05, 0) is 55.0 Å². The Morgan fingerprint density at radius 2 is 1.81 bits per heavy atom. The molecule has 0 bridgehead atoms. The molecule has 1 N–H and O–H groups in total. The summed E-state index contributed by atoms with van der Waals surface area (Å²) < 4.78 is 0. The van der Waals surface area contributed by atoms with Gasteiger partial charge in [-0.25, -0.2) is 0 Å². The van der Waals surface area contributed by atoms with Crippen LogP contribution in [0.15, 0.2) is 42.5 Å². The molecule has 21 heavy (non-hydrogen) atoms. The van der Waals surface area contributed by atoms with Gasteiger partial charge in [0.15, 0.2) is 0 Å². The van der Waals surface area contributed by atoms with E-state index in [1.807, 2.05) is 13.8 Å². The molecule has 0 saturated carbocycles. The van der Waals surface area contributed by atoms with Crippen molar-refractivity contribution in [1.29, 1.82) is 0 Å². The average molecular weight is 275 g/mol. The summed E-state index contributed by atoms with van der Waals surface area (Å²) >= 11 is 0. The SMILES string of the molecule is C#CC(C)(C)NC(C)c1ccc2c(c1)Cc1ccccc1-2. The second-order valence-corrected chi connectivity index (χ2v) is 6.39. The van der Waals surface area contributed by atoms with Crippen LogP contribution in [0, 0.1) is 12.3 Å². The van der Waals surface area contributed by atoms with Crippen LogP contribution in [0.25, 0.3) is 11.1 Å². The first kappa shape index (κ1) is 13.9. The van der Waals surface area contributed by atoms with E-state index in [2.05, 4.69) is 60.6 Å². The highest BCUT2D eigenvalue weighted by Gasteiger charge is 2.21. The minimum atomic E-state index is -0.290. The van der Waals surface area contributed by atoms with Crippen LogP contribution in [0.5, 0.6) is 0 Å². The highest BCUT2D eigenvalue weighted by molar-refractivity contribution is 5.76. The lowest BCUT2D eigenvalue weighted by molar-refractivity contribution is 0.431. The Kier molecular flexibility index (Phi) is 3.35. The predicted octanol–water partition coefficient (Wildman–Crippen LogP) is 4.32. The van der Waals surface area contributed by atoms with Gasteiger partial charge in [0.1, 0.15) is 0 Å². The van der Waals surface area contributed by atoms with E-state index in [1.54, 1.807) is 0 Å². The minimum absolute atomic E-state index is 0.241. The normalized spacial score (nSPS) is 14.2. The third kappa shape index (κ3) is 2.60. The van der Waals surface area contributed by atoms with Crippen LogP contribution >= 0.6 is 0 Å². The van der Waals surface area contributed by atoms with E-state index in [0.29, 0.717) is 0 Å². The van der Waals surface area contributed by atoms with Gasteiger partial charge in [0.2, 0.25) is 0 Å². The van der Waals surface area contributed by atoms with Gasteiger partial charge < -0.3 is 0 Å². The van der Waals surface area contributed by atoms with Crippen molar-refractivity contribution in [2.24, 2.45) is 0 Å². The molecule has 2 aromatic rings. The Morgan fingerprint density at radius 3 is 2.57 bits per heavy atom. The number of hydrogen-bond donors (Lipinski definition) is 1. The lowest BCUT2D eigenvalue weighted by Gasteiger charge is -2.25. The third-order valence-corrected chi connectivity index (χ3v) is 4.26. The van der Waals surface area contributed by atoms with E-state index in [1.165, 1.54) is 27.8 Å². The maximum Gasteiger partial charge on any atom is 0.0745 e. The molecule has 3 rings (SSSR count). The van der Waals surface area contributed by atoms with Gasteiger partial charge in [-0.15, -0.1) is 6.42 Å². The van der Waals surface area contributed by atoms with Gasteiger partial charge in [0.25, 0.3) is 0 Å². The zero-order valence-electron chi connectivity index (χ0n) is 12.9. The van der Waals surface area contributed by atoms with E-state index >= 15 is 0 Å². The maximum absolute atomic E-state index is 5.57. The largest absolute Gasteiger partial charge is 0.295 e. The van der Waals surface area contributed by atoms with E-state index < -0.39 is 0 Å². The van der Waals surface area contributed by atoms with E-state index in [-0.39, 0.29) is 11.6 Å². The standard InChI is InChI=1S/C20H21N/c1-5-20(3,4)21-14(2)15-10-11-19-17(12-15)13-16-8-6-7-9-18(16)19/h1,6-12,14,21H,13H2,2-4H3. The topological polar surface area (TPSA) is 12.0 Å². The summed E-state index contributed by atoms with van der Waals surface area (Å²) in [5.74, 6) is 2.80. The van der Waals surface area contributed by atoms with Crippen molar-refractivity contribution >= 4 is 0 Å². The minimum Gasteiger partial charge on any atom is -0.295 e. The van der Waals surface area contributed by atoms with E-state index in [9.17, 15) is 0 Å². The number of terminal acetylenes is 1. The molecule has 1 heteroatoms. The van der Waals surface area contributed by atoms with Gasteiger partial charge in [-0.2, -0.15) is 0 Å². The van der Waals surface area contributed by atoms with Gasteiger partial charge in [0, 0.05) is 6.04 Å². The molecular formula is C20H21N. The first-order valence-electron chi connectivity index (χ1n) is 7.47. The Balaban J connectivity index is 1.89. The zero-order chi connectivity index (χ0) is 15.0. The van der Waals surface area contributed by atoms with Crippen LogP contribution in [-0.4, -0.2) is 5.54 Å². The summed E-state index contributed by atoms with van der Waals surface area (Å²) in [6.07, 6.45) is 6.60. The molecule has 0 heterocycles. The second-order valence-electron chi connectivity index (χ2n) is 6.39. The smallest absolute Gasteiger partial charge is 0.0745 e. The van der Waals surface area contributed by atoms with Gasteiger partial charge in [-0.3, -0.25) is 5.32 Å². The summed E-state index contributed by atoms with van der Waals surface area (Å²) in [5, 5.41) is 3.50. The number of hydrogen-bond acceptors (Lipinski definition) is 1. The van der Waals surface area contributed by atoms with E-state index in [0.717, 1.165) is 6.42 Å². The van der Waals surface area contributed by atoms with Crippen molar-refractivity contribution < 1.29 is 0 Å². The van der Waals surface area contributed by atoms with Crippen molar-refractivity contribution in [2.75, 3.05) is 0 Å². The molecule has 1 atom stereocenters. The molecule has 0 fully saturated rings. The maximum atomic E-state index is 5.57. The summed E-state index contributed by atoms with van der Waals surface area (Å²) in [6, 6.07) is 15.7. The quantitative estimate of drug-likeness (QED) is 0.702. The van der Waals surface area contributed by atoms with Crippen LogP contribution in [0.1, 0.15) is 43.5 Å². The summed E-state index contributed by atoms with van der Waals surface area (Å²) in [7, 11) is 0. The molecule has 106 valence electrons. The molecule has 0 aromatic heterocycles. The number of rotatable bonds is 3. The van der Waals surface area contributed by atoms with Crippen LogP contribution in [0.4, 0.5) is 0 Å². The van der Waals surface area contributed by atoms with Crippen molar-refractivity contribution in [3.63, 3.8) is 0 Å². The Morgan fingerprint density at radius 1 is 1.10 bits per heavy atom. The fourth-order valence-electron chi connectivity index (χ4n) is 3.10. The zero-order valence-corrected chi connectivity index (χ0v) is 12.9. The average Bonchev–Trinajstić information content (AvgIpc) is 2.84. The number of fused-ring (bicyclic) bond motifs is 3. The molecule has 2 aromatic carbocycles. The molecular weight excluding hydrogens is 254 g/mol. The molecule has 1 aliphatic rings. The summed E-state index contributed by atoms with van der Waals surface area (Å²) in [6.45, 7) is 6.24. The first-order valence-corrected chi connectivity index (χ1v) is 7.47. The molecule has 1 aliphatic carbocycles. The van der Waals surface area contributed by atoms with Gasteiger partial charge >= 0.3 is 0 Å².